The molecule has 2 nitrogen and oxygen atoms in total. The molecule has 90 valence electrons. The molecule has 0 fully saturated rings. The van der Waals surface area contributed by atoms with Gasteiger partial charge in [-0.05, 0) is 43.4 Å². The number of benzene rings is 1. The Balaban J connectivity index is 1.88. The van der Waals surface area contributed by atoms with Crippen LogP contribution in [0.3, 0.4) is 0 Å². The Morgan fingerprint density at radius 2 is 2.00 bits per heavy atom. The molecule has 1 aromatic rings. The SMILES string of the molecule is Cc1cccc(N(C)CCN2C=CCC=C2)c1. The Bertz CT molecular complexity index is 409. The summed E-state index contributed by atoms with van der Waals surface area (Å²) in [6, 6.07) is 8.63. The van der Waals surface area contributed by atoms with Crippen molar-refractivity contribution in [2.45, 2.75) is 13.3 Å². The normalized spacial score (nSPS) is 14.1. The fourth-order valence-corrected chi connectivity index (χ4v) is 1.93. The van der Waals surface area contributed by atoms with Crippen molar-refractivity contribution in [3.05, 3.63) is 54.4 Å². The third-order valence-corrected chi connectivity index (χ3v) is 3.00. The van der Waals surface area contributed by atoms with E-state index in [1.807, 2.05) is 0 Å². The fraction of sp³-hybridized carbons (Fsp3) is 0.333. The van der Waals surface area contributed by atoms with Crippen molar-refractivity contribution in [3.63, 3.8) is 0 Å². The van der Waals surface area contributed by atoms with Crippen molar-refractivity contribution in [2.24, 2.45) is 0 Å². The number of aryl methyl sites for hydroxylation is 1. The fourth-order valence-electron chi connectivity index (χ4n) is 1.93. The molecule has 0 unspecified atom stereocenters. The minimum Gasteiger partial charge on any atom is -0.373 e. The quantitative estimate of drug-likeness (QED) is 0.781. The van der Waals surface area contributed by atoms with Crippen molar-refractivity contribution in [3.8, 4) is 0 Å². The zero-order valence-electron chi connectivity index (χ0n) is 10.6. The lowest BCUT2D eigenvalue weighted by atomic mass is 10.2. The van der Waals surface area contributed by atoms with Gasteiger partial charge in [0.05, 0.1) is 0 Å². The van der Waals surface area contributed by atoms with Gasteiger partial charge in [0.15, 0.2) is 0 Å². The van der Waals surface area contributed by atoms with Crippen LogP contribution in [0.15, 0.2) is 48.8 Å². The summed E-state index contributed by atoms with van der Waals surface area (Å²) in [5.74, 6) is 0. The number of hydrogen-bond donors (Lipinski definition) is 0. The molecule has 0 saturated heterocycles. The molecule has 0 bridgehead atoms. The van der Waals surface area contributed by atoms with E-state index in [0.29, 0.717) is 0 Å². The minimum atomic E-state index is 1.03. The van der Waals surface area contributed by atoms with E-state index < -0.39 is 0 Å². The lowest BCUT2D eigenvalue weighted by Crippen LogP contribution is -2.28. The second kappa shape index (κ2) is 5.58. The molecular weight excluding hydrogens is 208 g/mol. The molecule has 2 rings (SSSR count). The molecule has 0 atom stereocenters. The van der Waals surface area contributed by atoms with Crippen LogP contribution in [0.2, 0.25) is 0 Å². The molecule has 0 amide bonds. The van der Waals surface area contributed by atoms with Gasteiger partial charge in [-0.15, -0.1) is 0 Å². The van der Waals surface area contributed by atoms with Crippen LogP contribution in [0.1, 0.15) is 12.0 Å². The monoisotopic (exact) mass is 228 g/mol. The summed E-state index contributed by atoms with van der Waals surface area (Å²) >= 11 is 0. The first kappa shape index (κ1) is 11.8. The zero-order valence-corrected chi connectivity index (χ0v) is 10.6. The van der Waals surface area contributed by atoms with Crippen molar-refractivity contribution in [2.75, 3.05) is 25.0 Å². The van der Waals surface area contributed by atoms with Gasteiger partial charge in [0.25, 0.3) is 0 Å². The van der Waals surface area contributed by atoms with Gasteiger partial charge < -0.3 is 9.80 Å². The van der Waals surface area contributed by atoms with Gasteiger partial charge in [0, 0.05) is 25.8 Å². The maximum absolute atomic E-state index is 2.29. The van der Waals surface area contributed by atoms with Crippen LogP contribution < -0.4 is 4.90 Å². The molecule has 2 heteroatoms. The van der Waals surface area contributed by atoms with E-state index in [1.165, 1.54) is 11.3 Å². The molecule has 0 N–H and O–H groups in total. The number of likely N-dealkylation sites (N-methyl/N-ethyl adjacent to an activating group) is 1. The highest BCUT2D eigenvalue weighted by Crippen LogP contribution is 2.14. The van der Waals surface area contributed by atoms with Gasteiger partial charge in [0.1, 0.15) is 0 Å². The van der Waals surface area contributed by atoms with Crippen LogP contribution in [0.25, 0.3) is 0 Å². The molecule has 0 aliphatic carbocycles. The summed E-state index contributed by atoms with van der Waals surface area (Å²) in [5, 5.41) is 0. The van der Waals surface area contributed by atoms with E-state index in [-0.39, 0.29) is 0 Å². The van der Waals surface area contributed by atoms with Gasteiger partial charge >= 0.3 is 0 Å². The van der Waals surface area contributed by atoms with Crippen molar-refractivity contribution < 1.29 is 0 Å². The van der Waals surface area contributed by atoms with Gasteiger partial charge in [-0.3, -0.25) is 0 Å². The van der Waals surface area contributed by atoms with E-state index in [1.54, 1.807) is 0 Å². The third kappa shape index (κ3) is 3.38. The Morgan fingerprint density at radius 1 is 1.24 bits per heavy atom. The molecule has 0 saturated carbocycles. The Labute approximate surface area is 104 Å². The van der Waals surface area contributed by atoms with Crippen molar-refractivity contribution >= 4 is 5.69 Å². The lowest BCUT2D eigenvalue weighted by molar-refractivity contribution is 0.502. The summed E-state index contributed by atoms with van der Waals surface area (Å²) in [7, 11) is 2.14. The van der Waals surface area contributed by atoms with Gasteiger partial charge in [0.2, 0.25) is 0 Å². The number of rotatable bonds is 4. The predicted molar refractivity (Wildman–Crippen MR) is 74.1 cm³/mol. The summed E-state index contributed by atoms with van der Waals surface area (Å²) in [5.41, 5.74) is 2.60. The molecule has 0 radical (unpaired) electrons. The molecule has 1 heterocycles. The van der Waals surface area contributed by atoms with Gasteiger partial charge in [-0.2, -0.15) is 0 Å². The molecular formula is C15H20N2. The summed E-state index contributed by atoms with van der Waals surface area (Å²) in [6.07, 6.45) is 9.75. The van der Waals surface area contributed by atoms with E-state index in [4.69, 9.17) is 0 Å². The molecule has 0 aromatic heterocycles. The second-order valence-electron chi connectivity index (χ2n) is 4.50. The van der Waals surface area contributed by atoms with Crippen LogP contribution in [-0.2, 0) is 0 Å². The van der Waals surface area contributed by atoms with Crippen molar-refractivity contribution in [1.82, 2.24) is 4.90 Å². The summed E-state index contributed by atoms with van der Waals surface area (Å²) < 4.78 is 0. The van der Waals surface area contributed by atoms with E-state index in [9.17, 15) is 0 Å². The number of hydrogen-bond acceptors (Lipinski definition) is 2. The molecule has 1 aliphatic rings. The second-order valence-corrected chi connectivity index (χ2v) is 4.50. The first-order valence-corrected chi connectivity index (χ1v) is 6.12. The maximum Gasteiger partial charge on any atom is 0.0395 e. The Morgan fingerprint density at radius 3 is 2.71 bits per heavy atom. The molecule has 0 spiro atoms. The first-order valence-electron chi connectivity index (χ1n) is 6.12. The van der Waals surface area contributed by atoms with Gasteiger partial charge in [-0.1, -0.05) is 24.3 Å². The predicted octanol–water partition coefficient (Wildman–Crippen LogP) is 3.16. The number of allylic oxidation sites excluding steroid dienone is 2. The zero-order chi connectivity index (χ0) is 12.1. The van der Waals surface area contributed by atoms with E-state index >= 15 is 0 Å². The van der Waals surface area contributed by atoms with Crippen molar-refractivity contribution in [1.29, 1.82) is 0 Å². The molecule has 1 aliphatic heterocycles. The average Bonchev–Trinajstić information content (AvgIpc) is 2.37. The first-order chi connectivity index (χ1) is 8.25. The number of nitrogens with zero attached hydrogens (tertiary/aromatic N) is 2. The maximum atomic E-state index is 2.29. The minimum absolute atomic E-state index is 1.03. The van der Waals surface area contributed by atoms with Gasteiger partial charge in [-0.25, -0.2) is 0 Å². The summed E-state index contributed by atoms with van der Waals surface area (Å²) in [6.45, 7) is 4.18. The Hall–Kier alpha value is -1.70. The largest absolute Gasteiger partial charge is 0.373 e. The highest BCUT2D eigenvalue weighted by Gasteiger charge is 2.03. The van der Waals surface area contributed by atoms with E-state index in [2.05, 4.69) is 72.6 Å². The van der Waals surface area contributed by atoms with Crippen LogP contribution >= 0.6 is 0 Å². The molecule has 1 aromatic carbocycles. The van der Waals surface area contributed by atoms with Crippen LogP contribution in [-0.4, -0.2) is 25.0 Å². The highest BCUT2D eigenvalue weighted by atomic mass is 15.2. The third-order valence-electron chi connectivity index (χ3n) is 3.00. The highest BCUT2D eigenvalue weighted by molar-refractivity contribution is 5.47. The van der Waals surface area contributed by atoms with Crippen LogP contribution in [0.5, 0.6) is 0 Å². The standard InChI is InChI=1S/C15H20N2/c1-14-7-6-8-15(13-14)16(2)11-12-17-9-4-3-5-10-17/h4-10,13H,3,11-12H2,1-2H3. The van der Waals surface area contributed by atoms with Crippen LogP contribution in [0, 0.1) is 6.92 Å². The molecule has 17 heavy (non-hydrogen) atoms. The lowest BCUT2D eigenvalue weighted by Gasteiger charge is -2.24. The van der Waals surface area contributed by atoms with E-state index in [0.717, 1.165) is 19.5 Å². The smallest absolute Gasteiger partial charge is 0.0395 e. The number of anilines is 1. The topological polar surface area (TPSA) is 6.48 Å². The van der Waals surface area contributed by atoms with Crippen LogP contribution in [0.4, 0.5) is 5.69 Å². The average molecular weight is 228 g/mol. The Kier molecular flexibility index (Phi) is 3.86. The summed E-state index contributed by atoms with van der Waals surface area (Å²) in [4.78, 5) is 4.53.